The number of aryl methyl sites for hydroxylation is 1. The third-order valence-corrected chi connectivity index (χ3v) is 8.80. The van der Waals surface area contributed by atoms with Crippen molar-refractivity contribution in [3.63, 3.8) is 0 Å². The molecule has 2 aliphatic rings. The van der Waals surface area contributed by atoms with E-state index in [0.29, 0.717) is 38.2 Å². The van der Waals surface area contributed by atoms with Gasteiger partial charge in [0.25, 0.3) is 0 Å². The van der Waals surface area contributed by atoms with Gasteiger partial charge in [0, 0.05) is 31.2 Å². The molecule has 0 saturated carbocycles. The van der Waals surface area contributed by atoms with E-state index in [2.05, 4.69) is 21.0 Å². The van der Waals surface area contributed by atoms with Crippen LogP contribution in [0.15, 0.2) is 36.4 Å². The summed E-state index contributed by atoms with van der Waals surface area (Å²) in [5.74, 6) is 0.325. The number of carbonyl (C=O) groups is 3. The van der Waals surface area contributed by atoms with Crippen molar-refractivity contribution in [2.24, 2.45) is 5.41 Å². The summed E-state index contributed by atoms with van der Waals surface area (Å²) in [6.07, 6.45) is 3.15. The van der Waals surface area contributed by atoms with E-state index < -0.39 is 27.5 Å². The third kappa shape index (κ3) is 7.72. The maximum atomic E-state index is 13.3. The van der Waals surface area contributed by atoms with Gasteiger partial charge in [-0.05, 0) is 51.3 Å². The lowest BCUT2D eigenvalue weighted by atomic mass is 9.85. The zero-order valence-electron chi connectivity index (χ0n) is 24.9. The molecule has 2 saturated heterocycles. The van der Waals surface area contributed by atoms with Crippen LogP contribution < -0.4 is 16.0 Å². The highest BCUT2D eigenvalue weighted by atomic mass is 32.2. The van der Waals surface area contributed by atoms with E-state index in [9.17, 15) is 22.8 Å². The molecule has 0 aliphatic carbocycles. The topological polar surface area (TPSA) is 146 Å². The number of amides is 3. The van der Waals surface area contributed by atoms with E-state index in [1.165, 1.54) is 10.6 Å². The van der Waals surface area contributed by atoms with Crippen LogP contribution in [-0.4, -0.2) is 96.2 Å². The van der Waals surface area contributed by atoms with Crippen LogP contribution in [-0.2, 0) is 24.4 Å². The van der Waals surface area contributed by atoms with Gasteiger partial charge in [-0.3, -0.25) is 14.4 Å². The monoisotopic (exact) mass is 589 g/mol. The number of likely N-dealkylation sites (N-methyl/N-ethyl adjacent to an activating group) is 1. The van der Waals surface area contributed by atoms with Gasteiger partial charge in [0.15, 0.2) is 0 Å². The Morgan fingerprint density at radius 2 is 1.73 bits per heavy atom. The average Bonchev–Trinajstić information content (AvgIpc) is 3.61. The number of aromatic nitrogens is 2. The molecule has 0 bridgehead atoms. The van der Waals surface area contributed by atoms with E-state index in [-0.39, 0.29) is 23.9 Å². The molecule has 3 unspecified atom stereocenters. The van der Waals surface area contributed by atoms with Crippen molar-refractivity contribution in [1.82, 2.24) is 29.6 Å². The van der Waals surface area contributed by atoms with E-state index in [0.717, 1.165) is 11.4 Å². The molecule has 41 heavy (non-hydrogen) atoms. The summed E-state index contributed by atoms with van der Waals surface area (Å²) in [4.78, 5) is 37.8. The number of nitrogens with one attached hydrogen (secondary N) is 3. The first-order valence-corrected chi connectivity index (χ1v) is 15.6. The second-order valence-electron chi connectivity index (χ2n) is 11.6. The van der Waals surface area contributed by atoms with E-state index in [4.69, 9.17) is 0 Å². The summed E-state index contributed by atoms with van der Waals surface area (Å²) < 4.78 is 27.1. The summed E-state index contributed by atoms with van der Waals surface area (Å²) in [5, 5.41) is 12.7. The molecule has 0 radical (unpaired) electrons. The molecule has 4 rings (SSSR count). The number of hydrogen-bond acceptors (Lipinski definition) is 7. The fourth-order valence-corrected chi connectivity index (χ4v) is 6.45. The number of fused-ring (bicyclic) bond motifs is 1. The van der Waals surface area contributed by atoms with Crippen LogP contribution in [0.25, 0.3) is 5.69 Å². The van der Waals surface area contributed by atoms with Crippen LogP contribution in [0.1, 0.15) is 46.2 Å². The zero-order chi connectivity index (χ0) is 30.5. The highest BCUT2D eigenvalue weighted by Crippen LogP contribution is 2.35. The minimum absolute atomic E-state index is 0.110. The van der Waals surface area contributed by atoms with Gasteiger partial charge in [-0.2, -0.15) is 9.40 Å². The van der Waals surface area contributed by atoms with Crippen molar-refractivity contribution in [2.45, 2.75) is 71.6 Å². The Kier molecular flexibility index (Phi) is 10.3. The Morgan fingerprint density at radius 3 is 2.29 bits per heavy atom. The lowest BCUT2D eigenvalue weighted by molar-refractivity contribution is -0.140. The summed E-state index contributed by atoms with van der Waals surface area (Å²) in [7, 11) is -1.57. The van der Waals surface area contributed by atoms with Crippen LogP contribution in [0.4, 0.5) is 5.82 Å². The summed E-state index contributed by atoms with van der Waals surface area (Å²) in [5.41, 5.74) is 1.34. The molecule has 13 heteroatoms. The number of anilines is 1. The van der Waals surface area contributed by atoms with Gasteiger partial charge in [-0.1, -0.05) is 39.0 Å². The van der Waals surface area contributed by atoms with Gasteiger partial charge in [-0.15, -0.1) is 0 Å². The van der Waals surface area contributed by atoms with Gasteiger partial charge >= 0.3 is 0 Å². The predicted octanol–water partition coefficient (Wildman–Crippen LogP) is 1.51. The SMILES string of the molecule is CN[C@@H](C)C(=O)NC(C(=O)N1CCC2C1CCN2S(C)(=O)=O)C(C)(C)C.Cc1cc(NC=O)n(-c2ccccc2)n1. The number of rotatable bonds is 8. The number of sulfonamides is 1. The Bertz CT molecular complexity index is 1320. The van der Waals surface area contributed by atoms with Crippen molar-refractivity contribution < 1.29 is 22.8 Å². The van der Waals surface area contributed by atoms with E-state index >= 15 is 0 Å². The molecule has 0 spiro atoms. The Morgan fingerprint density at radius 1 is 1.10 bits per heavy atom. The highest BCUT2D eigenvalue weighted by molar-refractivity contribution is 7.88. The molecule has 2 aliphatic heterocycles. The Labute approximate surface area is 242 Å². The van der Waals surface area contributed by atoms with Gasteiger partial charge in [0.2, 0.25) is 28.2 Å². The number of carbonyl (C=O) groups excluding carboxylic acids is 3. The Hall–Kier alpha value is -3.29. The highest BCUT2D eigenvalue weighted by Gasteiger charge is 2.49. The van der Waals surface area contributed by atoms with Gasteiger partial charge < -0.3 is 20.9 Å². The predicted molar refractivity (Wildman–Crippen MR) is 158 cm³/mol. The lowest BCUT2D eigenvalue weighted by Crippen LogP contribution is -2.58. The minimum Gasteiger partial charge on any atom is -0.342 e. The fraction of sp³-hybridized carbons (Fsp3) is 0.571. The molecule has 226 valence electrons. The van der Waals surface area contributed by atoms with Crippen LogP contribution >= 0.6 is 0 Å². The molecule has 3 amide bonds. The van der Waals surface area contributed by atoms with E-state index in [1.54, 1.807) is 23.6 Å². The van der Waals surface area contributed by atoms with Crippen LogP contribution in [0, 0.1) is 12.3 Å². The number of hydrogen-bond donors (Lipinski definition) is 3. The van der Waals surface area contributed by atoms with Gasteiger partial charge in [-0.25, -0.2) is 13.1 Å². The zero-order valence-corrected chi connectivity index (χ0v) is 25.7. The summed E-state index contributed by atoms with van der Waals surface area (Å²) in [6.45, 7) is 10.4. The third-order valence-electron chi connectivity index (χ3n) is 7.50. The Balaban J connectivity index is 0.000000260. The first-order chi connectivity index (χ1) is 19.2. The van der Waals surface area contributed by atoms with Crippen molar-refractivity contribution in [3.05, 3.63) is 42.1 Å². The minimum atomic E-state index is -3.27. The van der Waals surface area contributed by atoms with Gasteiger partial charge in [0.1, 0.15) is 11.9 Å². The first-order valence-electron chi connectivity index (χ1n) is 13.8. The smallest absolute Gasteiger partial charge is 0.245 e. The van der Waals surface area contributed by atoms with Crippen molar-refractivity contribution in [2.75, 3.05) is 31.7 Å². The number of likely N-dealkylation sites (tertiary alicyclic amines) is 1. The maximum absolute atomic E-state index is 13.3. The molecule has 1 aromatic heterocycles. The standard InChI is InChI=1S/C17H32N4O4S.C11H11N3O/c1-11(18-5)15(22)19-14(17(2,3)4)16(23)20-9-7-13-12(20)8-10-21(13)26(6,24)25;1-9-7-11(12-8-15)14(13-9)10-5-3-2-4-6-10/h11-14,18H,7-10H2,1-6H3,(H,19,22);2-8H,1H3,(H,12,15)/t11-,12?,13?,14?;/m0./s1. The molecular formula is C28H43N7O5S. The second kappa shape index (κ2) is 13.1. The normalized spacial score (nSPS) is 20.4. The first kappa shape index (κ1) is 32.2. The van der Waals surface area contributed by atoms with Crippen LogP contribution in [0.3, 0.4) is 0 Å². The van der Waals surface area contributed by atoms with Crippen molar-refractivity contribution in [1.29, 1.82) is 0 Å². The molecule has 12 nitrogen and oxygen atoms in total. The van der Waals surface area contributed by atoms with Crippen molar-refractivity contribution in [3.8, 4) is 5.69 Å². The fourth-order valence-electron chi connectivity index (χ4n) is 5.27. The molecule has 3 heterocycles. The average molecular weight is 590 g/mol. The molecule has 3 N–H and O–H groups in total. The molecule has 2 aromatic rings. The number of benzene rings is 1. The van der Waals surface area contributed by atoms with Crippen molar-refractivity contribution >= 4 is 34.1 Å². The largest absolute Gasteiger partial charge is 0.342 e. The van der Waals surface area contributed by atoms with Gasteiger partial charge in [0.05, 0.1) is 23.7 Å². The quantitative estimate of drug-likeness (QED) is 0.396. The lowest BCUT2D eigenvalue weighted by Gasteiger charge is -2.36. The van der Waals surface area contributed by atoms with Crippen LogP contribution in [0.5, 0.6) is 0 Å². The summed E-state index contributed by atoms with van der Waals surface area (Å²) in [6, 6.07) is 10.2. The number of para-hydroxylation sites is 1. The molecular weight excluding hydrogens is 546 g/mol. The number of nitrogens with zero attached hydrogens (tertiary/aromatic N) is 4. The van der Waals surface area contributed by atoms with E-state index in [1.807, 2.05) is 64.1 Å². The summed E-state index contributed by atoms with van der Waals surface area (Å²) >= 11 is 0. The maximum Gasteiger partial charge on any atom is 0.245 e. The molecule has 2 fully saturated rings. The molecule has 1 aromatic carbocycles. The second-order valence-corrected chi connectivity index (χ2v) is 13.6. The van der Waals surface area contributed by atoms with Crippen LogP contribution in [0.2, 0.25) is 0 Å². The molecule has 4 atom stereocenters.